The topological polar surface area (TPSA) is 194 Å². The number of halogens is 2. The smallest absolute Gasteiger partial charge is 0.229 e. The molecule has 10 atom stereocenters. The number of aromatic amines is 1. The maximum Gasteiger partial charge on any atom is 0.229 e. The molecular weight excluding hydrogens is 546 g/mol. The van der Waals surface area contributed by atoms with Crippen molar-refractivity contribution in [2.45, 2.75) is 61.4 Å². The molecule has 8 N–H and O–H groups in total. The van der Waals surface area contributed by atoms with Crippen molar-refractivity contribution in [3.05, 3.63) is 27.8 Å². The van der Waals surface area contributed by atoms with Gasteiger partial charge in [-0.05, 0) is 28.1 Å². The van der Waals surface area contributed by atoms with Crippen molar-refractivity contribution in [1.29, 1.82) is 0 Å². The number of hydrogen-bond acceptors (Lipinski definition) is 11. The van der Waals surface area contributed by atoms with Crippen molar-refractivity contribution < 1.29 is 54.7 Å². The van der Waals surface area contributed by atoms with Crippen molar-refractivity contribution >= 4 is 38.4 Å². The molecule has 0 spiro atoms. The number of benzene rings is 1. The predicted octanol–water partition coefficient (Wildman–Crippen LogP) is -1.41. The maximum absolute atomic E-state index is 10.7. The highest BCUT2D eigenvalue weighted by atomic mass is 79.9. The minimum atomic E-state index is -1.75. The molecule has 14 heteroatoms. The first-order valence-electron chi connectivity index (χ1n) is 10.4. The van der Waals surface area contributed by atoms with Crippen LogP contribution in [-0.4, -0.2) is 115 Å². The fourth-order valence-corrected chi connectivity index (χ4v) is 4.59. The number of nitrogens with one attached hydrogen (secondary N) is 1. The maximum atomic E-state index is 10.7. The highest BCUT2D eigenvalue weighted by Gasteiger charge is 2.51. The number of H-pyrrole nitrogens is 1. The van der Waals surface area contributed by atoms with Gasteiger partial charge in [-0.25, -0.2) is 0 Å². The normalized spacial score (nSPS) is 38.9. The number of ether oxygens (including phenoxy) is 4. The van der Waals surface area contributed by atoms with E-state index in [9.17, 15) is 35.7 Å². The van der Waals surface area contributed by atoms with Gasteiger partial charge in [0.15, 0.2) is 6.29 Å². The molecule has 1 aromatic heterocycles. The van der Waals surface area contributed by atoms with Crippen molar-refractivity contribution in [3.63, 3.8) is 0 Å². The number of fused-ring (bicyclic) bond motifs is 1. The molecule has 0 aliphatic carbocycles. The Kier molecular flexibility index (Phi) is 8.03. The van der Waals surface area contributed by atoms with Crippen molar-refractivity contribution in [2.24, 2.45) is 0 Å². The Bertz CT molecular complexity index is 991. The quantitative estimate of drug-likeness (QED) is 0.203. The Hall–Kier alpha value is -1.07. The third kappa shape index (κ3) is 4.68. The van der Waals surface area contributed by atoms with Gasteiger partial charge in [-0.2, -0.15) is 0 Å². The van der Waals surface area contributed by atoms with E-state index in [0.29, 0.717) is 20.4 Å². The predicted molar refractivity (Wildman–Crippen MR) is 118 cm³/mol. The van der Waals surface area contributed by atoms with Crippen LogP contribution in [0, 0.1) is 0 Å². The summed E-state index contributed by atoms with van der Waals surface area (Å²) in [5, 5.41) is 71.5. The number of aromatic nitrogens is 1. The lowest BCUT2D eigenvalue weighted by molar-refractivity contribution is -0.352. The summed E-state index contributed by atoms with van der Waals surface area (Å²) in [6, 6.07) is 3.50. The highest BCUT2D eigenvalue weighted by Crippen LogP contribution is 2.38. The zero-order valence-electron chi connectivity index (χ0n) is 17.4. The molecule has 190 valence electrons. The van der Waals surface area contributed by atoms with Crippen LogP contribution in [0.25, 0.3) is 10.9 Å². The van der Waals surface area contributed by atoms with Gasteiger partial charge < -0.3 is 59.7 Å². The van der Waals surface area contributed by atoms with Gasteiger partial charge in [-0.3, -0.25) is 0 Å². The number of aliphatic hydroxyl groups is 7. The van der Waals surface area contributed by atoms with E-state index in [1.54, 1.807) is 12.1 Å². The Labute approximate surface area is 206 Å². The van der Waals surface area contributed by atoms with Crippen molar-refractivity contribution in [1.82, 2.24) is 4.98 Å². The van der Waals surface area contributed by atoms with Crippen LogP contribution < -0.4 is 4.74 Å². The van der Waals surface area contributed by atoms with E-state index in [4.69, 9.17) is 30.5 Å². The summed E-state index contributed by atoms with van der Waals surface area (Å²) in [7, 11) is 0. The molecule has 0 bridgehead atoms. The van der Waals surface area contributed by atoms with E-state index in [0.717, 1.165) is 0 Å². The van der Waals surface area contributed by atoms with Crippen LogP contribution in [0.4, 0.5) is 0 Å². The van der Waals surface area contributed by atoms with Crippen LogP contribution in [0.2, 0.25) is 5.02 Å². The average Bonchev–Trinajstić information content (AvgIpc) is 3.24. The minimum absolute atomic E-state index is 0.225. The van der Waals surface area contributed by atoms with Crippen LogP contribution in [-0.2, 0) is 14.2 Å². The Morgan fingerprint density at radius 3 is 2.21 bits per heavy atom. The van der Waals surface area contributed by atoms with Crippen LogP contribution in [0.15, 0.2) is 22.8 Å². The molecule has 3 heterocycles. The molecule has 0 unspecified atom stereocenters. The molecule has 0 amide bonds. The molecule has 2 saturated heterocycles. The van der Waals surface area contributed by atoms with Crippen molar-refractivity contribution in [3.8, 4) is 5.75 Å². The van der Waals surface area contributed by atoms with E-state index in [1.807, 2.05) is 0 Å². The van der Waals surface area contributed by atoms with Gasteiger partial charge in [0.1, 0.15) is 54.6 Å². The molecule has 0 saturated carbocycles. The first-order valence-corrected chi connectivity index (χ1v) is 11.5. The molecule has 34 heavy (non-hydrogen) atoms. The van der Waals surface area contributed by atoms with E-state index in [2.05, 4.69) is 20.9 Å². The van der Waals surface area contributed by atoms with Crippen LogP contribution in [0.3, 0.4) is 0 Å². The summed E-state index contributed by atoms with van der Waals surface area (Å²) in [4.78, 5) is 2.97. The Morgan fingerprint density at radius 1 is 0.882 bits per heavy atom. The van der Waals surface area contributed by atoms with Gasteiger partial charge in [0.2, 0.25) is 6.29 Å². The average molecular weight is 571 g/mol. The van der Waals surface area contributed by atoms with Crippen LogP contribution >= 0.6 is 27.5 Å². The Balaban J connectivity index is 1.52. The fourth-order valence-electron chi connectivity index (χ4n) is 4.00. The summed E-state index contributed by atoms with van der Waals surface area (Å²) < 4.78 is 22.8. The lowest BCUT2D eigenvalue weighted by Gasteiger charge is -2.45. The van der Waals surface area contributed by atoms with E-state index < -0.39 is 74.6 Å². The molecule has 2 fully saturated rings. The second-order valence-corrected chi connectivity index (χ2v) is 9.29. The van der Waals surface area contributed by atoms with E-state index in [-0.39, 0.29) is 5.75 Å². The molecule has 2 aromatic rings. The van der Waals surface area contributed by atoms with E-state index in [1.165, 1.54) is 6.20 Å². The molecule has 0 radical (unpaired) electrons. The van der Waals surface area contributed by atoms with Gasteiger partial charge in [-0.1, -0.05) is 11.6 Å². The molecule has 1 aromatic carbocycles. The summed E-state index contributed by atoms with van der Waals surface area (Å²) in [5.74, 6) is 0.225. The van der Waals surface area contributed by atoms with Gasteiger partial charge in [0.25, 0.3) is 0 Å². The third-order valence-electron chi connectivity index (χ3n) is 5.90. The fraction of sp³-hybridized carbons (Fsp3) is 0.600. The van der Waals surface area contributed by atoms with Gasteiger partial charge in [0, 0.05) is 10.7 Å². The van der Waals surface area contributed by atoms with E-state index >= 15 is 0 Å². The number of rotatable bonds is 6. The Morgan fingerprint density at radius 2 is 1.53 bits per heavy atom. The molecule has 4 rings (SSSR count). The lowest BCUT2D eigenvalue weighted by Crippen LogP contribution is -2.65. The molecule has 2 aliphatic rings. The van der Waals surface area contributed by atoms with Gasteiger partial charge in [-0.15, -0.1) is 0 Å². The minimum Gasteiger partial charge on any atom is -0.460 e. The summed E-state index contributed by atoms with van der Waals surface area (Å²) in [6.45, 7) is -1.36. The summed E-state index contributed by atoms with van der Waals surface area (Å²) >= 11 is 9.68. The zero-order chi connectivity index (χ0) is 24.7. The largest absolute Gasteiger partial charge is 0.460 e. The summed E-state index contributed by atoms with van der Waals surface area (Å²) in [5.41, 5.74) is 0.650. The second-order valence-electron chi connectivity index (χ2n) is 8.06. The zero-order valence-corrected chi connectivity index (χ0v) is 19.8. The lowest BCUT2D eigenvalue weighted by atomic mass is 9.97. The summed E-state index contributed by atoms with van der Waals surface area (Å²) in [6.07, 6.45) is -13.9. The molecule has 2 aliphatic heterocycles. The number of hydrogen-bond donors (Lipinski definition) is 8. The highest BCUT2D eigenvalue weighted by molar-refractivity contribution is 9.10. The van der Waals surface area contributed by atoms with Gasteiger partial charge in [0.05, 0.1) is 29.1 Å². The number of aliphatic hydroxyl groups excluding tert-OH is 7. The second kappa shape index (κ2) is 10.5. The van der Waals surface area contributed by atoms with Crippen LogP contribution in [0.1, 0.15) is 0 Å². The molecule has 12 nitrogen and oxygen atoms in total. The van der Waals surface area contributed by atoms with Crippen molar-refractivity contribution in [2.75, 3.05) is 13.2 Å². The SMILES string of the molecule is OC[C@@H]1O[C@H](Oc2c[nH]c3ccc(Br)c(Cl)c23)[C@@H](O)[C@H](O)[C@H]1O[C@H]1O[C@H](CO)[C@H](O)[C@H](O)[C@@H]1O. The standard InChI is InChI=1S/C20H25BrClNO11/c21-6-1-2-7-11(12(6)22)8(3-23-7)31-19-17(30)15(28)18(10(5-25)33-19)34-20-16(29)14(27)13(26)9(4-24)32-20/h1-3,9-10,13-20,23-30H,4-5H2/t9-,10+,13+,14+,15+,16+,17+,18+,19+,20-/m1/s1. The third-order valence-corrected chi connectivity index (χ3v) is 7.19. The monoisotopic (exact) mass is 569 g/mol. The van der Waals surface area contributed by atoms with Crippen LogP contribution in [0.5, 0.6) is 5.75 Å². The van der Waals surface area contributed by atoms with Gasteiger partial charge >= 0.3 is 0 Å². The molecular formula is C20H25BrClNO11. The first-order chi connectivity index (χ1) is 16.2. The first kappa shape index (κ1) is 26.0.